The van der Waals surface area contributed by atoms with Crippen LogP contribution in [0.1, 0.15) is 37.8 Å². The molecule has 1 atom stereocenters. The van der Waals surface area contributed by atoms with E-state index in [4.69, 9.17) is 15.7 Å². The number of nitrogens with zero attached hydrogens (tertiary/aromatic N) is 1. The fourth-order valence-electron chi connectivity index (χ4n) is 1.46. The van der Waals surface area contributed by atoms with Crippen molar-refractivity contribution in [3.05, 3.63) is 29.6 Å². The van der Waals surface area contributed by atoms with E-state index in [-0.39, 0.29) is 11.9 Å². The van der Waals surface area contributed by atoms with Crippen LogP contribution in [0.5, 0.6) is 5.75 Å². The Hall–Kier alpha value is -1.60. The van der Waals surface area contributed by atoms with Crippen LogP contribution in [0, 0.1) is 17.1 Å². The van der Waals surface area contributed by atoms with Crippen LogP contribution < -0.4 is 10.5 Å². The van der Waals surface area contributed by atoms with Gasteiger partial charge in [0.1, 0.15) is 11.6 Å². The van der Waals surface area contributed by atoms with Crippen molar-refractivity contribution in [2.24, 2.45) is 5.73 Å². The Bertz CT molecular complexity index is 399. The molecule has 3 nitrogen and oxygen atoms in total. The molecule has 0 amide bonds. The van der Waals surface area contributed by atoms with Gasteiger partial charge >= 0.3 is 0 Å². The van der Waals surface area contributed by atoms with Crippen molar-refractivity contribution in [3.63, 3.8) is 0 Å². The van der Waals surface area contributed by atoms with Gasteiger partial charge in [-0.1, -0.05) is 6.07 Å². The van der Waals surface area contributed by atoms with Gasteiger partial charge in [-0.05, 0) is 25.8 Å². The minimum Gasteiger partial charge on any atom is -0.493 e. The van der Waals surface area contributed by atoms with E-state index in [9.17, 15) is 4.39 Å². The quantitative estimate of drug-likeness (QED) is 0.772. The largest absolute Gasteiger partial charge is 0.493 e. The van der Waals surface area contributed by atoms with Crippen LogP contribution in [-0.4, -0.2) is 6.61 Å². The molecule has 0 aliphatic carbocycles. The smallest absolute Gasteiger partial charge is 0.131 e. The van der Waals surface area contributed by atoms with Crippen molar-refractivity contribution in [2.75, 3.05) is 6.61 Å². The fourth-order valence-corrected chi connectivity index (χ4v) is 1.46. The molecule has 0 fully saturated rings. The molecule has 1 unspecified atom stereocenters. The van der Waals surface area contributed by atoms with Crippen molar-refractivity contribution < 1.29 is 9.13 Å². The zero-order chi connectivity index (χ0) is 12.7. The summed E-state index contributed by atoms with van der Waals surface area (Å²) in [5.74, 6) is 0.165. The first-order valence-electron chi connectivity index (χ1n) is 5.70. The van der Waals surface area contributed by atoms with Crippen molar-refractivity contribution in [1.82, 2.24) is 0 Å². The maximum atomic E-state index is 13.5. The predicted molar refractivity (Wildman–Crippen MR) is 64.0 cm³/mol. The number of rotatable bonds is 6. The molecule has 0 saturated heterocycles. The van der Waals surface area contributed by atoms with Crippen LogP contribution in [0.2, 0.25) is 0 Å². The molecular formula is C13H17FN2O. The first-order chi connectivity index (χ1) is 8.15. The number of nitriles is 1. The van der Waals surface area contributed by atoms with E-state index < -0.39 is 0 Å². The number of ether oxygens (including phenoxy) is 1. The Morgan fingerprint density at radius 1 is 1.47 bits per heavy atom. The Labute approximate surface area is 101 Å². The fraction of sp³-hybridized carbons (Fsp3) is 0.462. The van der Waals surface area contributed by atoms with Gasteiger partial charge in [-0.15, -0.1) is 0 Å². The van der Waals surface area contributed by atoms with Gasteiger partial charge in [-0.25, -0.2) is 4.39 Å². The normalized spacial score (nSPS) is 11.9. The summed E-state index contributed by atoms with van der Waals surface area (Å²) < 4.78 is 18.9. The van der Waals surface area contributed by atoms with Crippen LogP contribution in [0.3, 0.4) is 0 Å². The summed E-state index contributed by atoms with van der Waals surface area (Å²) in [6.45, 7) is 2.24. The molecule has 2 N–H and O–H groups in total. The number of nitrogens with two attached hydrogens (primary N) is 1. The highest BCUT2D eigenvalue weighted by Gasteiger charge is 2.07. The Kier molecular flexibility index (Phi) is 5.44. The Balaban J connectivity index is 2.45. The molecule has 1 aromatic carbocycles. The molecule has 1 aromatic rings. The van der Waals surface area contributed by atoms with Gasteiger partial charge in [-0.3, -0.25) is 0 Å². The van der Waals surface area contributed by atoms with Gasteiger partial charge in [0.25, 0.3) is 0 Å². The van der Waals surface area contributed by atoms with Gasteiger partial charge in [0, 0.05) is 24.1 Å². The number of hydrogen-bond donors (Lipinski definition) is 1. The molecule has 1 rings (SSSR count). The van der Waals surface area contributed by atoms with Crippen LogP contribution >= 0.6 is 0 Å². The second kappa shape index (κ2) is 6.87. The van der Waals surface area contributed by atoms with E-state index in [1.54, 1.807) is 19.1 Å². The highest BCUT2D eigenvalue weighted by atomic mass is 19.1. The van der Waals surface area contributed by atoms with Crippen molar-refractivity contribution in [3.8, 4) is 11.8 Å². The second-order valence-electron chi connectivity index (χ2n) is 3.94. The molecule has 0 aliphatic heterocycles. The van der Waals surface area contributed by atoms with Crippen LogP contribution in [-0.2, 0) is 0 Å². The van der Waals surface area contributed by atoms with E-state index in [0.717, 1.165) is 12.8 Å². The van der Waals surface area contributed by atoms with Gasteiger partial charge in [0.2, 0.25) is 0 Å². The maximum Gasteiger partial charge on any atom is 0.131 e. The standard InChI is InChI=1S/C13H17FN2O/c1-10(16)12-6-5-11(9-13(12)14)17-8-4-2-3-7-15/h5-6,9-10H,2-4,8,16H2,1H3. The second-order valence-corrected chi connectivity index (χ2v) is 3.94. The number of hydrogen-bond acceptors (Lipinski definition) is 3. The molecule has 17 heavy (non-hydrogen) atoms. The molecule has 0 aliphatic rings. The maximum absolute atomic E-state index is 13.5. The molecule has 0 spiro atoms. The highest BCUT2D eigenvalue weighted by Crippen LogP contribution is 2.20. The molecule has 0 heterocycles. The minimum atomic E-state index is -0.338. The SMILES string of the molecule is CC(N)c1ccc(OCCCCC#N)cc1F. The topological polar surface area (TPSA) is 59.0 Å². The van der Waals surface area contributed by atoms with Gasteiger partial charge in [0.05, 0.1) is 12.7 Å². The third-order valence-corrected chi connectivity index (χ3v) is 2.41. The molecule has 0 bridgehead atoms. The van der Waals surface area contributed by atoms with Crippen LogP contribution in [0.25, 0.3) is 0 Å². The zero-order valence-electron chi connectivity index (χ0n) is 9.95. The monoisotopic (exact) mass is 236 g/mol. The van der Waals surface area contributed by atoms with Gasteiger partial charge in [0.15, 0.2) is 0 Å². The summed E-state index contributed by atoms with van der Waals surface area (Å²) in [6, 6.07) is 6.45. The summed E-state index contributed by atoms with van der Waals surface area (Å²) in [5.41, 5.74) is 6.10. The molecule has 92 valence electrons. The number of unbranched alkanes of at least 4 members (excludes halogenated alkanes) is 2. The van der Waals surface area contributed by atoms with Crippen molar-refractivity contribution in [1.29, 1.82) is 5.26 Å². The average Bonchev–Trinajstić information content (AvgIpc) is 2.28. The lowest BCUT2D eigenvalue weighted by Gasteiger charge is -2.10. The molecule has 0 aromatic heterocycles. The summed E-state index contributed by atoms with van der Waals surface area (Å²) in [7, 11) is 0. The van der Waals surface area contributed by atoms with E-state index in [1.807, 2.05) is 0 Å². The lowest BCUT2D eigenvalue weighted by Crippen LogP contribution is -2.07. The minimum absolute atomic E-state index is 0.320. The van der Waals surface area contributed by atoms with Crippen molar-refractivity contribution >= 4 is 0 Å². The van der Waals surface area contributed by atoms with Crippen LogP contribution in [0.4, 0.5) is 4.39 Å². The first-order valence-corrected chi connectivity index (χ1v) is 5.70. The number of halogens is 1. The summed E-state index contributed by atoms with van der Waals surface area (Å²) in [5, 5.41) is 8.35. The Morgan fingerprint density at radius 2 is 2.24 bits per heavy atom. The lowest BCUT2D eigenvalue weighted by molar-refractivity contribution is 0.306. The van der Waals surface area contributed by atoms with E-state index in [0.29, 0.717) is 24.3 Å². The van der Waals surface area contributed by atoms with Crippen molar-refractivity contribution in [2.45, 2.75) is 32.2 Å². The predicted octanol–water partition coefficient (Wildman–Crippen LogP) is 2.92. The van der Waals surface area contributed by atoms with E-state index in [2.05, 4.69) is 6.07 Å². The molecular weight excluding hydrogens is 219 g/mol. The van der Waals surface area contributed by atoms with Crippen LogP contribution in [0.15, 0.2) is 18.2 Å². The zero-order valence-corrected chi connectivity index (χ0v) is 9.95. The third kappa shape index (κ3) is 4.41. The summed E-state index contributed by atoms with van der Waals surface area (Å²) in [6.07, 6.45) is 2.13. The Morgan fingerprint density at radius 3 is 2.82 bits per heavy atom. The molecule has 0 radical (unpaired) electrons. The van der Waals surface area contributed by atoms with E-state index >= 15 is 0 Å². The first kappa shape index (κ1) is 13.5. The summed E-state index contributed by atoms with van der Waals surface area (Å²) in [4.78, 5) is 0. The third-order valence-electron chi connectivity index (χ3n) is 2.41. The average molecular weight is 236 g/mol. The van der Waals surface area contributed by atoms with Gasteiger partial charge in [-0.2, -0.15) is 5.26 Å². The summed E-state index contributed by atoms with van der Waals surface area (Å²) >= 11 is 0. The lowest BCUT2D eigenvalue weighted by atomic mass is 10.1. The molecule has 4 heteroatoms. The highest BCUT2D eigenvalue weighted by molar-refractivity contribution is 5.30. The van der Waals surface area contributed by atoms with Gasteiger partial charge < -0.3 is 10.5 Å². The number of benzene rings is 1. The molecule has 0 saturated carbocycles. The van der Waals surface area contributed by atoms with E-state index in [1.165, 1.54) is 6.07 Å².